The van der Waals surface area contributed by atoms with Crippen molar-refractivity contribution in [3.63, 3.8) is 0 Å². The summed E-state index contributed by atoms with van der Waals surface area (Å²) in [6, 6.07) is 4.55. The number of aliphatic hydroxyl groups excluding tert-OH is 1. The van der Waals surface area contributed by atoms with Gasteiger partial charge in [-0.2, -0.15) is 0 Å². The molecule has 100 valence electrons. The van der Waals surface area contributed by atoms with Gasteiger partial charge in [0.1, 0.15) is 11.4 Å². The number of aliphatic hydroxyl groups is 1. The average molecular weight is 254 g/mol. The molecule has 0 aliphatic carbocycles. The Labute approximate surface area is 106 Å². The SMILES string of the molecule is COc1ccc(NC(C)(C)C(C)O)c([N+](=O)[O-])c1. The average Bonchev–Trinajstić information content (AvgIpc) is 2.28. The Bertz CT molecular complexity index is 444. The molecular formula is C12H18N2O4. The fourth-order valence-corrected chi connectivity index (χ4v) is 1.35. The second kappa shape index (κ2) is 5.22. The van der Waals surface area contributed by atoms with Crippen LogP contribution >= 0.6 is 0 Å². The van der Waals surface area contributed by atoms with Gasteiger partial charge in [0.05, 0.1) is 29.7 Å². The molecule has 0 saturated carbocycles. The van der Waals surface area contributed by atoms with Crippen molar-refractivity contribution >= 4 is 11.4 Å². The van der Waals surface area contributed by atoms with E-state index >= 15 is 0 Å². The van der Waals surface area contributed by atoms with E-state index in [-0.39, 0.29) is 5.69 Å². The van der Waals surface area contributed by atoms with E-state index in [0.29, 0.717) is 11.4 Å². The molecule has 0 aliphatic rings. The summed E-state index contributed by atoms with van der Waals surface area (Å²) in [5, 5.41) is 23.6. The molecule has 0 aliphatic heterocycles. The molecule has 0 aromatic heterocycles. The maximum absolute atomic E-state index is 11.0. The fourth-order valence-electron chi connectivity index (χ4n) is 1.35. The summed E-state index contributed by atoms with van der Waals surface area (Å²) in [6.07, 6.45) is -0.654. The fraction of sp³-hybridized carbons (Fsp3) is 0.500. The van der Waals surface area contributed by atoms with E-state index < -0.39 is 16.6 Å². The summed E-state index contributed by atoms with van der Waals surface area (Å²) in [7, 11) is 1.45. The molecule has 1 rings (SSSR count). The quantitative estimate of drug-likeness (QED) is 0.621. The van der Waals surface area contributed by atoms with Crippen LogP contribution in [0.3, 0.4) is 0 Å². The Morgan fingerprint density at radius 2 is 2.11 bits per heavy atom. The highest BCUT2D eigenvalue weighted by Crippen LogP contribution is 2.31. The van der Waals surface area contributed by atoms with E-state index in [9.17, 15) is 15.2 Å². The van der Waals surface area contributed by atoms with Crippen LogP contribution in [0.25, 0.3) is 0 Å². The monoisotopic (exact) mass is 254 g/mol. The number of nitro groups is 1. The summed E-state index contributed by atoms with van der Waals surface area (Å²) in [5.41, 5.74) is -0.394. The van der Waals surface area contributed by atoms with Crippen LogP contribution in [0.1, 0.15) is 20.8 Å². The number of hydrogen-bond donors (Lipinski definition) is 2. The summed E-state index contributed by atoms with van der Waals surface area (Å²) in [6.45, 7) is 5.17. The maximum Gasteiger partial charge on any atom is 0.296 e. The van der Waals surface area contributed by atoms with Crippen molar-refractivity contribution in [3.8, 4) is 5.75 Å². The van der Waals surface area contributed by atoms with Crippen LogP contribution < -0.4 is 10.1 Å². The number of nitrogens with zero attached hydrogens (tertiary/aromatic N) is 1. The van der Waals surface area contributed by atoms with Gasteiger partial charge in [0.15, 0.2) is 0 Å². The van der Waals surface area contributed by atoms with Crippen LogP contribution in [-0.2, 0) is 0 Å². The number of anilines is 1. The minimum Gasteiger partial charge on any atom is -0.496 e. The Kier molecular flexibility index (Phi) is 4.13. The van der Waals surface area contributed by atoms with Gasteiger partial charge in [-0.1, -0.05) is 0 Å². The first kappa shape index (κ1) is 14.2. The summed E-state index contributed by atoms with van der Waals surface area (Å²) < 4.78 is 4.96. The standard InChI is InChI=1S/C12H18N2O4/c1-8(15)12(2,3)13-10-6-5-9(18-4)7-11(10)14(16)17/h5-8,13,15H,1-4H3. The van der Waals surface area contributed by atoms with Gasteiger partial charge in [-0.25, -0.2) is 0 Å². The van der Waals surface area contributed by atoms with Crippen molar-refractivity contribution < 1.29 is 14.8 Å². The van der Waals surface area contributed by atoms with Gasteiger partial charge in [-0.05, 0) is 32.9 Å². The number of methoxy groups -OCH3 is 1. The molecule has 18 heavy (non-hydrogen) atoms. The lowest BCUT2D eigenvalue weighted by atomic mass is 9.98. The third-order valence-corrected chi connectivity index (χ3v) is 2.90. The molecule has 6 nitrogen and oxygen atoms in total. The van der Waals surface area contributed by atoms with Gasteiger partial charge in [-0.15, -0.1) is 0 Å². The maximum atomic E-state index is 11.0. The van der Waals surface area contributed by atoms with Gasteiger partial charge in [0.2, 0.25) is 0 Å². The first-order valence-corrected chi connectivity index (χ1v) is 5.56. The number of nitrogens with one attached hydrogen (secondary N) is 1. The zero-order chi connectivity index (χ0) is 13.9. The first-order valence-electron chi connectivity index (χ1n) is 5.56. The molecule has 0 amide bonds. The summed E-state index contributed by atoms with van der Waals surface area (Å²) in [4.78, 5) is 10.5. The van der Waals surface area contributed by atoms with Gasteiger partial charge in [-0.3, -0.25) is 10.1 Å². The molecule has 0 fully saturated rings. The number of hydrogen-bond acceptors (Lipinski definition) is 5. The topological polar surface area (TPSA) is 84.6 Å². The lowest BCUT2D eigenvalue weighted by molar-refractivity contribution is -0.384. The molecule has 0 heterocycles. The number of nitro benzene ring substituents is 1. The van der Waals surface area contributed by atoms with Gasteiger partial charge in [0, 0.05) is 0 Å². The van der Waals surface area contributed by atoms with Crippen molar-refractivity contribution in [1.82, 2.24) is 0 Å². The number of rotatable bonds is 5. The Morgan fingerprint density at radius 1 is 1.50 bits per heavy atom. The molecule has 0 bridgehead atoms. The van der Waals surface area contributed by atoms with Crippen molar-refractivity contribution in [2.24, 2.45) is 0 Å². The molecule has 1 atom stereocenters. The molecule has 2 N–H and O–H groups in total. The van der Waals surface area contributed by atoms with E-state index in [1.54, 1.807) is 32.9 Å². The predicted molar refractivity (Wildman–Crippen MR) is 69.0 cm³/mol. The smallest absolute Gasteiger partial charge is 0.296 e. The number of ether oxygens (including phenoxy) is 1. The van der Waals surface area contributed by atoms with Gasteiger partial charge >= 0.3 is 0 Å². The second-order valence-corrected chi connectivity index (χ2v) is 4.66. The van der Waals surface area contributed by atoms with Crippen LogP contribution in [0.4, 0.5) is 11.4 Å². The predicted octanol–water partition coefficient (Wildman–Crippen LogP) is 2.17. The molecule has 1 aromatic carbocycles. The first-order chi connectivity index (χ1) is 8.27. The Balaban J connectivity index is 3.13. The minimum atomic E-state index is -0.667. The highest BCUT2D eigenvalue weighted by Gasteiger charge is 2.27. The van der Waals surface area contributed by atoms with E-state index in [1.807, 2.05) is 0 Å². The van der Waals surface area contributed by atoms with Crippen LogP contribution in [0.5, 0.6) is 5.75 Å². The van der Waals surface area contributed by atoms with Gasteiger partial charge < -0.3 is 15.2 Å². The molecule has 0 spiro atoms. The zero-order valence-electron chi connectivity index (χ0n) is 10.9. The normalized spacial score (nSPS) is 12.9. The molecule has 0 saturated heterocycles. The van der Waals surface area contributed by atoms with Crippen molar-refractivity contribution in [1.29, 1.82) is 0 Å². The molecular weight excluding hydrogens is 236 g/mol. The lowest BCUT2D eigenvalue weighted by Gasteiger charge is -2.30. The van der Waals surface area contributed by atoms with Crippen molar-refractivity contribution in [2.45, 2.75) is 32.4 Å². The largest absolute Gasteiger partial charge is 0.496 e. The Hall–Kier alpha value is -1.82. The van der Waals surface area contributed by atoms with Crippen LogP contribution in [0.15, 0.2) is 18.2 Å². The highest BCUT2D eigenvalue weighted by molar-refractivity contribution is 5.65. The second-order valence-electron chi connectivity index (χ2n) is 4.66. The van der Waals surface area contributed by atoms with E-state index in [4.69, 9.17) is 4.74 Å². The lowest BCUT2D eigenvalue weighted by Crippen LogP contribution is -2.42. The van der Waals surface area contributed by atoms with E-state index in [1.165, 1.54) is 13.2 Å². The van der Waals surface area contributed by atoms with Gasteiger partial charge in [0.25, 0.3) is 5.69 Å². The molecule has 0 radical (unpaired) electrons. The van der Waals surface area contributed by atoms with Crippen LogP contribution in [-0.4, -0.2) is 28.8 Å². The van der Waals surface area contributed by atoms with Crippen molar-refractivity contribution in [2.75, 3.05) is 12.4 Å². The van der Waals surface area contributed by atoms with E-state index in [0.717, 1.165) is 0 Å². The molecule has 1 unspecified atom stereocenters. The zero-order valence-corrected chi connectivity index (χ0v) is 10.9. The minimum absolute atomic E-state index is 0.0805. The number of benzene rings is 1. The third-order valence-electron chi connectivity index (χ3n) is 2.90. The molecule has 1 aromatic rings. The Morgan fingerprint density at radius 3 is 2.56 bits per heavy atom. The summed E-state index contributed by atoms with van der Waals surface area (Å²) >= 11 is 0. The third kappa shape index (κ3) is 3.10. The van der Waals surface area contributed by atoms with Crippen molar-refractivity contribution in [3.05, 3.63) is 28.3 Å². The van der Waals surface area contributed by atoms with Crippen LogP contribution in [0.2, 0.25) is 0 Å². The van der Waals surface area contributed by atoms with E-state index in [2.05, 4.69) is 5.32 Å². The molecule has 6 heteroatoms. The van der Waals surface area contributed by atoms with Crippen LogP contribution in [0, 0.1) is 10.1 Å². The highest BCUT2D eigenvalue weighted by atomic mass is 16.6. The summed E-state index contributed by atoms with van der Waals surface area (Å²) in [5.74, 6) is 0.419.